The molecule has 2 amide bonds. The fourth-order valence-corrected chi connectivity index (χ4v) is 3.63. The number of likely N-dealkylation sites (N-methyl/N-ethyl adjacent to an activating group) is 1. The lowest BCUT2D eigenvalue weighted by atomic mass is 10.1. The van der Waals surface area contributed by atoms with Gasteiger partial charge < -0.3 is 20.3 Å². The van der Waals surface area contributed by atoms with Crippen molar-refractivity contribution in [2.45, 2.75) is 38.9 Å². The number of hydrogen-bond acceptors (Lipinski definition) is 7. The molecule has 3 rings (SSSR count). The number of nitrogens with zero attached hydrogens (tertiary/aromatic N) is 4. The summed E-state index contributed by atoms with van der Waals surface area (Å²) in [7, 11) is 0. The van der Waals surface area contributed by atoms with Crippen molar-refractivity contribution in [1.29, 1.82) is 0 Å². The van der Waals surface area contributed by atoms with Crippen molar-refractivity contribution in [3.8, 4) is 0 Å². The van der Waals surface area contributed by atoms with Gasteiger partial charge >= 0.3 is 0 Å². The van der Waals surface area contributed by atoms with E-state index in [0.717, 1.165) is 18.7 Å². The zero-order chi connectivity index (χ0) is 19.2. The molecule has 1 aromatic heterocycles. The summed E-state index contributed by atoms with van der Waals surface area (Å²) in [4.78, 5) is 37.0. The van der Waals surface area contributed by atoms with Crippen molar-refractivity contribution in [1.82, 2.24) is 25.5 Å². The molecule has 0 unspecified atom stereocenters. The molecule has 2 saturated heterocycles. The molecule has 0 bridgehead atoms. The summed E-state index contributed by atoms with van der Waals surface area (Å²) >= 11 is 0. The Labute approximate surface area is 159 Å². The summed E-state index contributed by atoms with van der Waals surface area (Å²) < 4.78 is 5.35. The zero-order valence-corrected chi connectivity index (χ0v) is 16.0. The molecule has 0 saturated carbocycles. The Balaban J connectivity index is 1.65. The molecule has 0 radical (unpaired) electrons. The Bertz CT molecular complexity index is 647. The molecular weight excluding hydrogens is 348 g/mol. The van der Waals surface area contributed by atoms with Crippen LogP contribution in [0, 0.1) is 0 Å². The van der Waals surface area contributed by atoms with E-state index in [1.165, 1.54) is 6.92 Å². The van der Waals surface area contributed by atoms with E-state index < -0.39 is 0 Å². The van der Waals surface area contributed by atoms with E-state index in [0.29, 0.717) is 45.2 Å². The lowest BCUT2D eigenvalue weighted by molar-refractivity contribution is -0.125. The maximum absolute atomic E-state index is 12.4. The molecule has 1 aromatic rings. The Morgan fingerprint density at radius 1 is 1.26 bits per heavy atom. The van der Waals surface area contributed by atoms with Crippen molar-refractivity contribution in [2.24, 2.45) is 0 Å². The van der Waals surface area contributed by atoms with Crippen molar-refractivity contribution in [3.63, 3.8) is 0 Å². The second-order valence-corrected chi connectivity index (χ2v) is 6.96. The number of hydrogen-bond donors (Lipinski definition) is 2. The van der Waals surface area contributed by atoms with Gasteiger partial charge in [-0.2, -0.15) is 0 Å². The number of amides is 2. The summed E-state index contributed by atoms with van der Waals surface area (Å²) in [5, 5.41) is 5.81. The summed E-state index contributed by atoms with van der Waals surface area (Å²) in [6.45, 7) is 8.17. The molecule has 27 heavy (non-hydrogen) atoms. The van der Waals surface area contributed by atoms with Gasteiger partial charge in [-0.1, -0.05) is 0 Å². The van der Waals surface area contributed by atoms with Crippen LogP contribution in [0.3, 0.4) is 0 Å². The average Bonchev–Trinajstić information content (AvgIpc) is 3.05. The summed E-state index contributed by atoms with van der Waals surface area (Å²) in [5.41, 5.74) is 0.949. The van der Waals surface area contributed by atoms with Gasteiger partial charge in [0.05, 0.1) is 19.3 Å². The maximum Gasteiger partial charge on any atom is 0.237 e. The molecule has 2 fully saturated rings. The Morgan fingerprint density at radius 3 is 2.59 bits per heavy atom. The molecule has 0 aliphatic carbocycles. The second kappa shape index (κ2) is 9.09. The minimum atomic E-state index is -0.263. The highest BCUT2D eigenvalue weighted by molar-refractivity contribution is 5.82. The lowest BCUT2D eigenvalue weighted by Crippen LogP contribution is -2.42. The van der Waals surface area contributed by atoms with Crippen LogP contribution in [-0.4, -0.2) is 78.2 Å². The van der Waals surface area contributed by atoms with E-state index in [4.69, 9.17) is 4.74 Å². The molecule has 0 aromatic carbocycles. The van der Waals surface area contributed by atoms with Gasteiger partial charge in [0.1, 0.15) is 0 Å². The molecule has 148 valence electrons. The highest BCUT2D eigenvalue weighted by Crippen LogP contribution is 2.21. The minimum Gasteiger partial charge on any atom is -0.378 e. The van der Waals surface area contributed by atoms with Gasteiger partial charge in [-0.05, 0) is 13.3 Å². The quantitative estimate of drug-likeness (QED) is 0.692. The third-order valence-corrected chi connectivity index (χ3v) is 4.84. The molecule has 9 nitrogen and oxygen atoms in total. The van der Waals surface area contributed by atoms with Gasteiger partial charge in [-0.3, -0.25) is 14.5 Å². The first-order chi connectivity index (χ1) is 13.1. The number of likely N-dealkylation sites (tertiary alicyclic amines) is 1. The summed E-state index contributed by atoms with van der Waals surface area (Å²) in [6.07, 6.45) is 4.24. The van der Waals surface area contributed by atoms with E-state index in [-0.39, 0.29) is 23.9 Å². The number of morpholine rings is 1. The Kier molecular flexibility index (Phi) is 6.57. The molecule has 2 atom stereocenters. The van der Waals surface area contributed by atoms with Gasteiger partial charge in [-0.15, -0.1) is 0 Å². The summed E-state index contributed by atoms with van der Waals surface area (Å²) in [6, 6.07) is -0.288. The average molecular weight is 376 g/mol. The third kappa shape index (κ3) is 5.14. The number of nitrogens with one attached hydrogen (secondary N) is 2. The minimum absolute atomic E-state index is 0.00351. The normalized spacial score (nSPS) is 23.3. The van der Waals surface area contributed by atoms with Gasteiger partial charge in [0, 0.05) is 63.6 Å². The topological polar surface area (TPSA) is 99.7 Å². The van der Waals surface area contributed by atoms with Crippen molar-refractivity contribution >= 4 is 17.8 Å². The molecule has 2 N–H and O–H groups in total. The first-order valence-corrected chi connectivity index (χ1v) is 9.49. The first-order valence-electron chi connectivity index (χ1n) is 9.49. The Morgan fingerprint density at radius 2 is 1.96 bits per heavy atom. The number of aromatic nitrogens is 2. The van der Waals surface area contributed by atoms with E-state index in [2.05, 4.69) is 30.4 Å². The molecule has 2 aliphatic heterocycles. The van der Waals surface area contributed by atoms with Crippen LogP contribution in [0.15, 0.2) is 12.4 Å². The largest absolute Gasteiger partial charge is 0.378 e. The van der Waals surface area contributed by atoms with Crippen LogP contribution >= 0.6 is 0 Å². The maximum atomic E-state index is 12.4. The van der Waals surface area contributed by atoms with Crippen LogP contribution in [-0.2, 0) is 20.9 Å². The fraction of sp³-hybridized carbons (Fsp3) is 0.667. The van der Waals surface area contributed by atoms with E-state index >= 15 is 0 Å². The predicted molar refractivity (Wildman–Crippen MR) is 100 cm³/mol. The number of carbonyl (C=O) groups is 2. The van der Waals surface area contributed by atoms with Crippen LogP contribution in [0.1, 0.15) is 25.8 Å². The van der Waals surface area contributed by atoms with Gasteiger partial charge in [0.2, 0.25) is 17.8 Å². The fourth-order valence-electron chi connectivity index (χ4n) is 3.63. The first kappa shape index (κ1) is 19.5. The predicted octanol–water partition coefficient (Wildman–Crippen LogP) is -0.472. The van der Waals surface area contributed by atoms with Gasteiger partial charge in [0.25, 0.3) is 0 Å². The smallest absolute Gasteiger partial charge is 0.237 e. The van der Waals surface area contributed by atoms with Crippen molar-refractivity contribution in [3.05, 3.63) is 18.0 Å². The second-order valence-electron chi connectivity index (χ2n) is 6.96. The highest BCUT2D eigenvalue weighted by atomic mass is 16.5. The van der Waals surface area contributed by atoms with Crippen molar-refractivity contribution < 1.29 is 14.3 Å². The van der Waals surface area contributed by atoms with Crippen LogP contribution in [0.25, 0.3) is 0 Å². The number of rotatable bonds is 6. The highest BCUT2D eigenvalue weighted by Gasteiger charge is 2.36. The Hall–Kier alpha value is -2.26. The molecule has 2 aliphatic rings. The molecular formula is C18H28N6O3. The van der Waals surface area contributed by atoms with Crippen LogP contribution in [0.4, 0.5) is 5.95 Å². The molecule has 0 spiro atoms. The van der Waals surface area contributed by atoms with Crippen LogP contribution in [0.2, 0.25) is 0 Å². The van der Waals surface area contributed by atoms with Crippen molar-refractivity contribution in [2.75, 3.05) is 44.3 Å². The number of carbonyl (C=O) groups excluding carboxylic acids is 2. The van der Waals surface area contributed by atoms with Gasteiger partial charge in [-0.25, -0.2) is 9.97 Å². The number of anilines is 1. The number of ether oxygens (including phenoxy) is 1. The van der Waals surface area contributed by atoms with E-state index in [1.807, 2.05) is 19.3 Å². The summed E-state index contributed by atoms with van der Waals surface area (Å²) in [5.74, 6) is 0.630. The van der Waals surface area contributed by atoms with E-state index in [1.54, 1.807) is 0 Å². The zero-order valence-electron chi connectivity index (χ0n) is 16.0. The monoisotopic (exact) mass is 376 g/mol. The standard InChI is InChI=1S/C18H28N6O3/c1-3-19-17(26)16-8-15(22-13(2)25)12-24(16)11-14-9-20-18(21-10-14)23-4-6-27-7-5-23/h9-10,15-16H,3-8,11-12H2,1-2H3,(H,19,26)(H,22,25)/t15-,16-/m0/s1. The van der Waals surface area contributed by atoms with E-state index in [9.17, 15) is 9.59 Å². The molecule has 9 heteroatoms. The third-order valence-electron chi connectivity index (χ3n) is 4.84. The van der Waals surface area contributed by atoms with Crippen LogP contribution < -0.4 is 15.5 Å². The SMILES string of the molecule is CCNC(=O)[C@@H]1C[C@H](NC(C)=O)CN1Cc1cnc(N2CCOCC2)nc1. The van der Waals surface area contributed by atoms with Crippen LogP contribution in [0.5, 0.6) is 0 Å². The lowest BCUT2D eigenvalue weighted by Gasteiger charge is -2.27. The molecule has 3 heterocycles. The van der Waals surface area contributed by atoms with Gasteiger partial charge in [0.15, 0.2) is 0 Å².